The van der Waals surface area contributed by atoms with Crippen molar-refractivity contribution in [1.82, 2.24) is 0 Å². The molecular weight excluding hydrogens is 122 g/mol. The summed E-state index contributed by atoms with van der Waals surface area (Å²) in [5, 5.41) is 1.55. The van der Waals surface area contributed by atoms with Gasteiger partial charge in [0, 0.05) is 0 Å². The molecule has 0 bridgehead atoms. The lowest BCUT2D eigenvalue weighted by atomic mass is 10.5. The second-order valence-corrected chi connectivity index (χ2v) is 3.27. The molecule has 0 saturated heterocycles. The fraction of sp³-hybridized carbons (Fsp3) is 0.200. The fourth-order valence-corrected chi connectivity index (χ4v) is 1.62. The van der Waals surface area contributed by atoms with Crippen molar-refractivity contribution in [3.8, 4) is 0 Å². The van der Waals surface area contributed by atoms with E-state index in [9.17, 15) is 0 Å². The molecule has 2 unspecified atom stereocenters. The van der Waals surface area contributed by atoms with Crippen LogP contribution in [0.2, 0.25) is 0 Å². The first-order valence-electron chi connectivity index (χ1n) is 2.26. The van der Waals surface area contributed by atoms with Crippen molar-refractivity contribution >= 4 is 17.2 Å². The third-order valence-corrected chi connectivity index (χ3v) is 2.81. The van der Waals surface area contributed by atoms with E-state index in [1.54, 1.807) is 5.31 Å². The summed E-state index contributed by atoms with van der Waals surface area (Å²) < 4.78 is 0. The first-order valence-corrected chi connectivity index (χ1v) is 5.07. The van der Waals surface area contributed by atoms with Crippen LogP contribution < -0.4 is 0 Å². The molecule has 0 N–H and O–H groups in total. The summed E-state index contributed by atoms with van der Waals surface area (Å²) >= 11 is 0. The zero-order chi connectivity index (χ0) is 5.11. The SMILES string of the molecule is PPC1=CC=CC1. The van der Waals surface area contributed by atoms with E-state index in [-0.39, 0.29) is 0 Å². The average Bonchev–Trinajstić information content (AvgIpc) is 2.14. The Morgan fingerprint density at radius 3 is 2.86 bits per heavy atom. The Labute approximate surface area is 48.0 Å². The zero-order valence-corrected chi connectivity index (χ0v) is 6.17. The summed E-state index contributed by atoms with van der Waals surface area (Å²) in [6.45, 7) is 0. The minimum absolute atomic E-state index is 0.927. The largest absolute Gasteiger partial charge is 0.110 e. The molecule has 38 valence electrons. The summed E-state index contributed by atoms with van der Waals surface area (Å²) in [7, 11) is 3.67. The lowest BCUT2D eigenvalue weighted by Gasteiger charge is -1.88. The van der Waals surface area contributed by atoms with Crippen LogP contribution in [0, 0.1) is 0 Å². The van der Waals surface area contributed by atoms with Gasteiger partial charge >= 0.3 is 0 Å². The smallest absolute Gasteiger partial charge is 0.00892 e. The van der Waals surface area contributed by atoms with Crippen LogP contribution in [0.15, 0.2) is 23.5 Å². The maximum absolute atomic E-state index is 2.74. The van der Waals surface area contributed by atoms with Crippen molar-refractivity contribution in [2.24, 2.45) is 0 Å². The molecule has 0 fully saturated rings. The van der Waals surface area contributed by atoms with Crippen molar-refractivity contribution in [3.63, 3.8) is 0 Å². The average molecular weight is 130 g/mol. The lowest BCUT2D eigenvalue weighted by Crippen LogP contribution is -1.55. The Bertz CT molecular complexity index is 113. The van der Waals surface area contributed by atoms with E-state index in [0.29, 0.717) is 0 Å². The minimum atomic E-state index is 0.927. The van der Waals surface area contributed by atoms with Gasteiger partial charge in [0.15, 0.2) is 0 Å². The van der Waals surface area contributed by atoms with Gasteiger partial charge in [-0.3, -0.25) is 0 Å². The Hall–Kier alpha value is 0.340. The highest BCUT2D eigenvalue weighted by molar-refractivity contribution is 8.05. The quantitative estimate of drug-likeness (QED) is 0.477. The van der Waals surface area contributed by atoms with E-state index in [2.05, 4.69) is 27.2 Å². The zero-order valence-electron chi connectivity index (χ0n) is 4.02. The molecule has 0 spiro atoms. The number of rotatable bonds is 1. The Morgan fingerprint density at radius 1 is 1.71 bits per heavy atom. The van der Waals surface area contributed by atoms with Crippen molar-refractivity contribution in [2.75, 3.05) is 0 Å². The monoisotopic (exact) mass is 130 g/mol. The second kappa shape index (κ2) is 2.60. The molecule has 0 aliphatic heterocycles. The van der Waals surface area contributed by atoms with E-state index < -0.39 is 0 Å². The fourth-order valence-electron chi connectivity index (χ4n) is 0.554. The highest BCUT2D eigenvalue weighted by atomic mass is 32.0. The molecule has 0 radical (unpaired) electrons. The standard InChI is InChI=1S/C5H8P2/c6-7-5-3-1-2-4-5/h1-3,7H,4,6H2. The molecule has 0 aromatic rings. The van der Waals surface area contributed by atoms with Crippen molar-refractivity contribution in [3.05, 3.63) is 23.5 Å². The molecule has 0 aromatic carbocycles. The number of hydrogen-bond donors (Lipinski definition) is 0. The van der Waals surface area contributed by atoms with Crippen molar-refractivity contribution < 1.29 is 0 Å². The van der Waals surface area contributed by atoms with Crippen LogP contribution in [0.3, 0.4) is 0 Å². The molecule has 0 nitrogen and oxygen atoms in total. The summed E-state index contributed by atoms with van der Waals surface area (Å²) in [5.74, 6) is 0. The van der Waals surface area contributed by atoms with E-state index in [0.717, 1.165) is 8.27 Å². The molecule has 1 aliphatic rings. The molecule has 0 amide bonds. The molecule has 0 saturated carbocycles. The second-order valence-electron chi connectivity index (χ2n) is 1.47. The summed E-state index contributed by atoms with van der Waals surface area (Å²) in [4.78, 5) is 0. The van der Waals surface area contributed by atoms with Crippen LogP contribution in [0.25, 0.3) is 0 Å². The van der Waals surface area contributed by atoms with E-state index in [4.69, 9.17) is 0 Å². The van der Waals surface area contributed by atoms with Crippen LogP contribution in [-0.2, 0) is 0 Å². The molecule has 7 heavy (non-hydrogen) atoms. The number of hydrogen-bond acceptors (Lipinski definition) is 0. The van der Waals surface area contributed by atoms with E-state index in [1.807, 2.05) is 0 Å². The van der Waals surface area contributed by atoms with Gasteiger partial charge in [0.1, 0.15) is 0 Å². The van der Waals surface area contributed by atoms with Gasteiger partial charge in [0.25, 0.3) is 0 Å². The van der Waals surface area contributed by atoms with Crippen molar-refractivity contribution in [2.45, 2.75) is 6.42 Å². The Balaban J connectivity index is 2.45. The lowest BCUT2D eigenvalue weighted by molar-refractivity contribution is 1.42. The topological polar surface area (TPSA) is 0 Å². The minimum Gasteiger partial charge on any atom is -0.110 e. The van der Waals surface area contributed by atoms with Gasteiger partial charge < -0.3 is 0 Å². The first kappa shape index (κ1) is 5.48. The maximum atomic E-state index is 2.74. The van der Waals surface area contributed by atoms with Gasteiger partial charge in [-0.1, -0.05) is 26.5 Å². The summed E-state index contributed by atoms with van der Waals surface area (Å²) in [6, 6.07) is 0. The van der Waals surface area contributed by atoms with Gasteiger partial charge in [-0.05, 0) is 11.7 Å². The summed E-state index contributed by atoms with van der Waals surface area (Å²) in [5.41, 5.74) is 0. The summed E-state index contributed by atoms with van der Waals surface area (Å²) in [6.07, 6.45) is 7.67. The number of allylic oxidation sites excluding steroid dienone is 4. The normalized spacial score (nSPS) is 19.3. The first-order chi connectivity index (χ1) is 3.43. The van der Waals surface area contributed by atoms with Crippen LogP contribution in [0.1, 0.15) is 6.42 Å². The molecule has 0 heterocycles. The van der Waals surface area contributed by atoms with Crippen LogP contribution >= 0.6 is 17.2 Å². The van der Waals surface area contributed by atoms with Crippen LogP contribution in [0.4, 0.5) is 0 Å². The van der Waals surface area contributed by atoms with Gasteiger partial charge in [0.05, 0.1) is 0 Å². The van der Waals surface area contributed by atoms with Gasteiger partial charge in [0.2, 0.25) is 0 Å². The molecule has 2 heteroatoms. The van der Waals surface area contributed by atoms with Crippen LogP contribution in [0.5, 0.6) is 0 Å². The van der Waals surface area contributed by atoms with Gasteiger partial charge in [-0.2, -0.15) is 0 Å². The van der Waals surface area contributed by atoms with Crippen molar-refractivity contribution in [1.29, 1.82) is 0 Å². The predicted molar refractivity (Wildman–Crippen MR) is 39.9 cm³/mol. The highest BCUT2D eigenvalue weighted by Crippen LogP contribution is 2.35. The predicted octanol–water partition coefficient (Wildman–Crippen LogP) is 2.30. The Kier molecular flexibility index (Phi) is 2.03. The van der Waals surface area contributed by atoms with E-state index >= 15 is 0 Å². The third kappa shape index (κ3) is 1.37. The highest BCUT2D eigenvalue weighted by Gasteiger charge is 1.92. The Morgan fingerprint density at radius 2 is 2.57 bits per heavy atom. The van der Waals surface area contributed by atoms with Gasteiger partial charge in [-0.25, -0.2) is 0 Å². The van der Waals surface area contributed by atoms with E-state index in [1.165, 1.54) is 6.42 Å². The maximum Gasteiger partial charge on any atom is -0.00892 e. The van der Waals surface area contributed by atoms with Gasteiger partial charge in [-0.15, -0.1) is 8.93 Å². The molecule has 2 atom stereocenters. The molecule has 0 aromatic heterocycles. The van der Waals surface area contributed by atoms with Crippen LogP contribution in [-0.4, -0.2) is 0 Å². The molecule has 1 rings (SSSR count). The third-order valence-electron chi connectivity index (χ3n) is 0.957. The molecule has 1 aliphatic carbocycles. The molecular formula is C5H8P2.